The van der Waals surface area contributed by atoms with Crippen LogP contribution >= 0.6 is 55.1 Å². The van der Waals surface area contributed by atoms with E-state index >= 15 is 0 Å². The second-order valence-electron chi connectivity index (χ2n) is 4.22. The van der Waals surface area contributed by atoms with Gasteiger partial charge in [-0.2, -0.15) is 0 Å². The lowest BCUT2D eigenvalue weighted by Crippen LogP contribution is -1.95. The highest BCUT2D eigenvalue weighted by Crippen LogP contribution is 2.33. The number of hydrogen-bond donors (Lipinski definition) is 0. The van der Waals surface area contributed by atoms with Crippen molar-refractivity contribution < 1.29 is 4.39 Å². The molecule has 106 valence electrons. The molecule has 3 rings (SSSR count). The first kappa shape index (κ1) is 15.2. The van der Waals surface area contributed by atoms with Gasteiger partial charge in [0.25, 0.3) is 0 Å². The third kappa shape index (κ3) is 2.80. The average Bonchev–Trinajstić information content (AvgIpc) is 2.43. The van der Waals surface area contributed by atoms with Gasteiger partial charge in [0, 0.05) is 14.3 Å². The van der Waals surface area contributed by atoms with Gasteiger partial charge >= 0.3 is 0 Å². The number of hydrogen-bond acceptors (Lipinski definition) is 2. The zero-order chi connectivity index (χ0) is 15.1. The third-order valence-corrected chi connectivity index (χ3v) is 4.51. The monoisotopic (exact) mass is 448 g/mol. The summed E-state index contributed by atoms with van der Waals surface area (Å²) in [4.78, 5) is 8.56. The van der Waals surface area contributed by atoms with Crippen LogP contribution in [0.25, 0.3) is 22.3 Å². The van der Waals surface area contributed by atoms with Crippen LogP contribution in [-0.4, -0.2) is 9.97 Å². The van der Waals surface area contributed by atoms with E-state index in [1.165, 1.54) is 6.07 Å². The van der Waals surface area contributed by atoms with Crippen LogP contribution in [0.5, 0.6) is 0 Å². The molecule has 0 unspecified atom stereocenters. The molecular formula is C14H5Br2Cl2FN2. The SMILES string of the molecule is Fc1c(Cl)cccc1-c1nc(Cl)c2cc(Br)cc(Br)c2n1. The highest BCUT2D eigenvalue weighted by molar-refractivity contribution is 9.11. The van der Waals surface area contributed by atoms with Crippen molar-refractivity contribution in [2.75, 3.05) is 0 Å². The molecule has 2 aromatic carbocycles. The fourth-order valence-corrected chi connectivity index (χ4v) is 3.63. The molecule has 0 spiro atoms. The third-order valence-electron chi connectivity index (χ3n) is 2.86. The summed E-state index contributed by atoms with van der Waals surface area (Å²) in [7, 11) is 0. The summed E-state index contributed by atoms with van der Waals surface area (Å²) in [5.41, 5.74) is 0.814. The second-order valence-corrected chi connectivity index (χ2v) is 6.76. The Morgan fingerprint density at radius 2 is 1.81 bits per heavy atom. The molecule has 0 saturated carbocycles. The van der Waals surface area contributed by atoms with Gasteiger partial charge in [-0.25, -0.2) is 14.4 Å². The van der Waals surface area contributed by atoms with Crippen LogP contribution < -0.4 is 0 Å². The molecule has 3 aromatic rings. The van der Waals surface area contributed by atoms with E-state index in [0.29, 0.717) is 10.9 Å². The van der Waals surface area contributed by atoms with Gasteiger partial charge in [-0.1, -0.05) is 45.2 Å². The zero-order valence-corrected chi connectivity index (χ0v) is 14.9. The Labute approximate surface area is 146 Å². The molecule has 0 radical (unpaired) electrons. The average molecular weight is 451 g/mol. The molecule has 0 N–H and O–H groups in total. The largest absolute Gasteiger partial charge is 0.227 e. The van der Waals surface area contributed by atoms with Crippen LogP contribution in [0.1, 0.15) is 0 Å². The van der Waals surface area contributed by atoms with Gasteiger partial charge < -0.3 is 0 Å². The molecule has 0 aliphatic rings. The molecule has 0 aliphatic heterocycles. The Morgan fingerprint density at radius 3 is 2.57 bits per heavy atom. The minimum Gasteiger partial charge on any atom is -0.227 e. The molecule has 0 amide bonds. The Balaban J connectivity index is 2.33. The van der Waals surface area contributed by atoms with Crippen molar-refractivity contribution in [2.24, 2.45) is 0 Å². The minimum absolute atomic E-state index is 0.0159. The lowest BCUT2D eigenvalue weighted by molar-refractivity contribution is 0.630. The highest BCUT2D eigenvalue weighted by atomic mass is 79.9. The van der Waals surface area contributed by atoms with E-state index in [4.69, 9.17) is 23.2 Å². The van der Waals surface area contributed by atoms with Crippen LogP contribution in [0.2, 0.25) is 10.2 Å². The lowest BCUT2D eigenvalue weighted by atomic mass is 10.2. The van der Waals surface area contributed by atoms with E-state index in [-0.39, 0.29) is 21.6 Å². The van der Waals surface area contributed by atoms with Crippen LogP contribution in [0.4, 0.5) is 4.39 Å². The first-order valence-corrected chi connectivity index (χ1v) is 8.08. The lowest BCUT2D eigenvalue weighted by Gasteiger charge is -2.08. The quantitative estimate of drug-likeness (QED) is 0.408. The maximum absolute atomic E-state index is 14.1. The molecular weight excluding hydrogens is 446 g/mol. The smallest absolute Gasteiger partial charge is 0.164 e. The van der Waals surface area contributed by atoms with E-state index in [2.05, 4.69) is 41.8 Å². The molecule has 0 atom stereocenters. The fraction of sp³-hybridized carbons (Fsp3) is 0. The number of rotatable bonds is 1. The summed E-state index contributed by atoms with van der Waals surface area (Å²) in [6.07, 6.45) is 0. The summed E-state index contributed by atoms with van der Waals surface area (Å²) < 4.78 is 15.7. The summed E-state index contributed by atoms with van der Waals surface area (Å²) >= 11 is 18.8. The summed E-state index contributed by atoms with van der Waals surface area (Å²) in [5.74, 6) is -0.377. The van der Waals surface area contributed by atoms with Gasteiger partial charge in [0.2, 0.25) is 0 Å². The van der Waals surface area contributed by atoms with E-state index in [9.17, 15) is 4.39 Å². The van der Waals surface area contributed by atoms with Crippen molar-refractivity contribution in [1.82, 2.24) is 9.97 Å². The topological polar surface area (TPSA) is 25.8 Å². The van der Waals surface area contributed by atoms with Gasteiger partial charge in [-0.3, -0.25) is 0 Å². The maximum atomic E-state index is 14.1. The predicted molar refractivity (Wildman–Crippen MR) is 90.4 cm³/mol. The predicted octanol–water partition coefficient (Wildman–Crippen LogP) is 6.27. The molecule has 7 heteroatoms. The standard InChI is InChI=1S/C14H5Br2Cl2FN2/c15-6-4-8-12(9(16)5-6)20-14(21-13(8)18)7-2-1-3-10(17)11(7)19/h1-5H. The number of fused-ring (bicyclic) bond motifs is 1. The fourth-order valence-electron chi connectivity index (χ4n) is 1.92. The first-order chi connectivity index (χ1) is 9.97. The van der Waals surface area contributed by atoms with Crippen molar-refractivity contribution in [1.29, 1.82) is 0 Å². The number of halogens is 5. The molecule has 0 saturated heterocycles. The van der Waals surface area contributed by atoms with Gasteiger partial charge in [0.1, 0.15) is 5.15 Å². The van der Waals surface area contributed by atoms with Crippen LogP contribution in [-0.2, 0) is 0 Å². The summed E-state index contributed by atoms with van der Waals surface area (Å²) in [6, 6.07) is 8.31. The van der Waals surface area contributed by atoms with Crippen molar-refractivity contribution in [3.05, 3.63) is 55.3 Å². The second kappa shape index (κ2) is 5.80. The molecule has 1 heterocycles. The van der Waals surface area contributed by atoms with E-state index in [1.54, 1.807) is 18.2 Å². The Hall–Kier alpha value is -0.750. The van der Waals surface area contributed by atoms with Crippen LogP contribution in [0.15, 0.2) is 39.3 Å². The Kier molecular flexibility index (Phi) is 4.19. The normalized spacial score (nSPS) is 11.1. The zero-order valence-electron chi connectivity index (χ0n) is 10.2. The maximum Gasteiger partial charge on any atom is 0.164 e. The van der Waals surface area contributed by atoms with E-state index in [1.807, 2.05) is 6.07 Å². The van der Waals surface area contributed by atoms with Crippen molar-refractivity contribution in [3.8, 4) is 11.4 Å². The van der Waals surface area contributed by atoms with E-state index in [0.717, 1.165) is 8.95 Å². The van der Waals surface area contributed by atoms with Gasteiger partial charge in [-0.05, 0) is 40.2 Å². The summed E-state index contributed by atoms with van der Waals surface area (Å²) in [6.45, 7) is 0. The van der Waals surface area contributed by atoms with Crippen LogP contribution in [0, 0.1) is 5.82 Å². The number of nitrogens with zero attached hydrogens (tertiary/aromatic N) is 2. The Bertz CT molecular complexity index is 871. The molecule has 1 aromatic heterocycles. The van der Waals surface area contributed by atoms with Gasteiger partial charge in [0.05, 0.1) is 16.1 Å². The molecule has 0 fully saturated rings. The van der Waals surface area contributed by atoms with Crippen LogP contribution in [0.3, 0.4) is 0 Å². The Morgan fingerprint density at radius 1 is 1.05 bits per heavy atom. The molecule has 2 nitrogen and oxygen atoms in total. The molecule has 21 heavy (non-hydrogen) atoms. The van der Waals surface area contributed by atoms with Crippen molar-refractivity contribution in [2.45, 2.75) is 0 Å². The van der Waals surface area contributed by atoms with E-state index < -0.39 is 5.82 Å². The molecule has 0 aliphatic carbocycles. The number of benzene rings is 2. The molecule has 0 bridgehead atoms. The van der Waals surface area contributed by atoms with Crippen molar-refractivity contribution >= 4 is 66.0 Å². The summed E-state index contributed by atoms with van der Waals surface area (Å²) in [5, 5.41) is 0.933. The first-order valence-electron chi connectivity index (χ1n) is 5.74. The van der Waals surface area contributed by atoms with Gasteiger partial charge in [0.15, 0.2) is 11.6 Å². The number of aromatic nitrogens is 2. The minimum atomic E-state index is -0.567. The highest BCUT2D eigenvalue weighted by Gasteiger charge is 2.15. The van der Waals surface area contributed by atoms with Crippen molar-refractivity contribution in [3.63, 3.8) is 0 Å². The van der Waals surface area contributed by atoms with Gasteiger partial charge in [-0.15, -0.1) is 0 Å².